The van der Waals surface area contributed by atoms with Gasteiger partial charge in [-0.25, -0.2) is 4.79 Å². The lowest BCUT2D eigenvalue weighted by atomic mass is 10.1. The molecule has 0 spiro atoms. The van der Waals surface area contributed by atoms with Crippen molar-refractivity contribution >= 4 is 17.7 Å². The fourth-order valence-corrected chi connectivity index (χ4v) is 2.43. The Labute approximate surface area is 171 Å². The third-order valence-corrected chi connectivity index (χ3v) is 3.70. The summed E-state index contributed by atoms with van der Waals surface area (Å²) in [6.45, 7) is 6.16. The van der Waals surface area contributed by atoms with Gasteiger partial charge in [0.2, 0.25) is 5.91 Å². The summed E-state index contributed by atoms with van der Waals surface area (Å²) in [4.78, 5) is 23.8. The molecule has 0 aromatic heterocycles. The summed E-state index contributed by atoms with van der Waals surface area (Å²) >= 11 is 0. The van der Waals surface area contributed by atoms with Crippen molar-refractivity contribution in [1.29, 1.82) is 0 Å². The molecule has 2 rings (SSSR count). The van der Waals surface area contributed by atoms with Crippen molar-refractivity contribution in [3.05, 3.63) is 54.1 Å². The maximum atomic E-state index is 12.1. The maximum Gasteiger partial charge on any atom is 0.412 e. The van der Waals surface area contributed by atoms with E-state index in [1.165, 1.54) is 0 Å². The second-order valence-corrected chi connectivity index (χ2v) is 7.38. The monoisotopic (exact) mass is 400 g/mol. The van der Waals surface area contributed by atoms with Gasteiger partial charge < -0.3 is 19.5 Å². The van der Waals surface area contributed by atoms with E-state index in [0.717, 1.165) is 11.3 Å². The Morgan fingerprint density at radius 1 is 1.00 bits per heavy atom. The first-order chi connectivity index (χ1) is 13.7. The molecule has 0 aliphatic rings. The molecule has 0 unspecified atom stereocenters. The van der Waals surface area contributed by atoms with Crippen molar-refractivity contribution in [2.24, 2.45) is 0 Å². The number of rotatable bonds is 8. The summed E-state index contributed by atoms with van der Waals surface area (Å²) in [6, 6.07) is 14.3. The third kappa shape index (κ3) is 8.55. The van der Waals surface area contributed by atoms with Crippen LogP contribution in [0, 0.1) is 0 Å². The Bertz CT molecular complexity index is 813. The van der Waals surface area contributed by atoms with Gasteiger partial charge in [-0.3, -0.25) is 10.1 Å². The van der Waals surface area contributed by atoms with Gasteiger partial charge in [-0.1, -0.05) is 18.2 Å². The van der Waals surface area contributed by atoms with Crippen molar-refractivity contribution in [3.8, 4) is 11.5 Å². The Hall–Kier alpha value is -3.22. The van der Waals surface area contributed by atoms with Crippen LogP contribution in [0.25, 0.3) is 0 Å². The van der Waals surface area contributed by atoms with Gasteiger partial charge in [0.05, 0.1) is 20.1 Å². The second-order valence-electron chi connectivity index (χ2n) is 7.38. The van der Waals surface area contributed by atoms with E-state index in [-0.39, 0.29) is 12.3 Å². The van der Waals surface area contributed by atoms with Crippen LogP contribution in [0.15, 0.2) is 48.5 Å². The number of benzene rings is 2. The van der Waals surface area contributed by atoms with Gasteiger partial charge in [-0.05, 0) is 50.6 Å². The maximum absolute atomic E-state index is 12.1. The molecule has 0 saturated heterocycles. The molecule has 7 heteroatoms. The molecule has 0 atom stereocenters. The van der Waals surface area contributed by atoms with Crippen LogP contribution >= 0.6 is 0 Å². The molecule has 2 N–H and O–H groups in total. The highest BCUT2D eigenvalue weighted by Gasteiger charge is 2.16. The average molecular weight is 400 g/mol. The van der Waals surface area contributed by atoms with Crippen molar-refractivity contribution in [2.45, 2.75) is 32.8 Å². The van der Waals surface area contributed by atoms with E-state index in [2.05, 4.69) is 10.6 Å². The number of amides is 2. The van der Waals surface area contributed by atoms with E-state index in [1.54, 1.807) is 58.2 Å². The molecule has 156 valence electrons. The second kappa shape index (κ2) is 10.4. The number of nitrogens with one attached hydrogen (secondary N) is 2. The van der Waals surface area contributed by atoms with E-state index in [0.29, 0.717) is 24.6 Å². The third-order valence-electron chi connectivity index (χ3n) is 3.70. The molecule has 0 aliphatic carbocycles. The quantitative estimate of drug-likeness (QED) is 0.659. The first-order valence-corrected chi connectivity index (χ1v) is 9.38. The minimum Gasteiger partial charge on any atom is -0.497 e. The molecule has 0 bridgehead atoms. The lowest BCUT2D eigenvalue weighted by Crippen LogP contribution is -2.29. The molecule has 2 aromatic rings. The van der Waals surface area contributed by atoms with Crippen LogP contribution in [-0.4, -0.2) is 37.9 Å². The van der Waals surface area contributed by atoms with Gasteiger partial charge >= 0.3 is 6.09 Å². The van der Waals surface area contributed by atoms with Crippen molar-refractivity contribution < 1.29 is 23.8 Å². The van der Waals surface area contributed by atoms with Crippen LogP contribution < -0.4 is 20.1 Å². The number of hydrogen-bond donors (Lipinski definition) is 2. The molecular formula is C22H28N2O5. The Morgan fingerprint density at radius 3 is 2.34 bits per heavy atom. The van der Waals surface area contributed by atoms with E-state index in [9.17, 15) is 9.59 Å². The topological polar surface area (TPSA) is 85.9 Å². The fraction of sp³-hybridized carbons (Fsp3) is 0.364. The van der Waals surface area contributed by atoms with Gasteiger partial charge in [-0.15, -0.1) is 0 Å². The van der Waals surface area contributed by atoms with Crippen LogP contribution in [-0.2, 0) is 16.0 Å². The van der Waals surface area contributed by atoms with Gasteiger partial charge in [0, 0.05) is 11.8 Å². The molecule has 0 saturated carbocycles. The number of ether oxygens (including phenoxy) is 3. The Balaban J connectivity index is 1.71. The largest absolute Gasteiger partial charge is 0.497 e. The first-order valence-electron chi connectivity index (χ1n) is 9.38. The highest BCUT2D eigenvalue weighted by molar-refractivity contribution is 5.85. The SMILES string of the molecule is COc1cccc(OCCNC(=O)Cc2ccc(NC(=O)OC(C)(C)C)cc2)c1. The fourth-order valence-electron chi connectivity index (χ4n) is 2.43. The van der Waals surface area contributed by atoms with Crippen molar-refractivity contribution in [3.63, 3.8) is 0 Å². The molecule has 0 heterocycles. The molecule has 0 aliphatic heterocycles. The van der Waals surface area contributed by atoms with E-state index in [1.807, 2.05) is 18.2 Å². The highest BCUT2D eigenvalue weighted by Crippen LogP contribution is 2.18. The van der Waals surface area contributed by atoms with Crippen molar-refractivity contribution in [2.75, 3.05) is 25.6 Å². The van der Waals surface area contributed by atoms with E-state index < -0.39 is 11.7 Å². The zero-order valence-corrected chi connectivity index (χ0v) is 17.3. The molecule has 0 radical (unpaired) electrons. The number of carbonyl (C=O) groups excluding carboxylic acids is 2. The number of anilines is 1. The summed E-state index contributed by atoms with van der Waals surface area (Å²) in [7, 11) is 1.60. The van der Waals surface area contributed by atoms with Crippen LogP contribution in [0.4, 0.5) is 10.5 Å². The predicted octanol–water partition coefficient (Wildman–Crippen LogP) is 3.78. The standard InChI is InChI=1S/C22H28N2O5/c1-22(2,3)29-21(26)24-17-10-8-16(9-11-17)14-20(25)23-12-13-28-19-7-5-6-18(15-19)27-4/h5-11,15H,12-14H2,1-4H3,(H,23,25)(H,24,26). The van der Waals surface area contributed by atoms with E-state index >= 15 is 0 Å². The minimum atomic E-state index is -0.557. The zero-order valence-electron chi connectivity index (χ0n) is 17.3. The van der Waals surface area contributed by atoms with Gasteiger partial charge in [-0.2, -0.15) is 0 Å². The smallest absolute Gasteiger partial charge is 0.412 e. The summed E-state index contributed by atoms with van der Waals surface area (Å²) in [5, 5.41) is 5.48. The molecule has 7 nitrogen and oxygen atoms in total. The normalized spacial score (nSPS) is 10.8. The summed E-state index contributed by atoms with van der Waals surface area (Å²) < 4.78 is 15.9. The lowest BCUT2D eigenvalue weighted by Gasteiger charge is -2.19. The summed E-state index contributed by atoms with van der Waals surface area (Å²) in [5.74, 6) is 1.30. The summed E-state index contributed by atoms with van der Waals surface area (Å²) in [6.07, 6.45) is -0.273. The van der Waals surface area contributed by atoms with Gasteiger partial charge in [0.15, 0.2) is 0 Å². The van der Waals surface area contributed by atoms with Crippen LogP contribution in [0.2, 0.25) is 0 Å². The van der Waals surface area contributed by atoms with E-state index in [4.69, 9.17) is 14.2 Å². The predicted molar refractivity (Wildman–Crippen MR) is 112 cm³/mol. The Kier molecular flexibility index (Phi) is 7.88. The molecular weight excluding hydrogens is 372 g/mol. The molecule has 2 aromatic carbocycles. The number of hydrogen-bond acceptors (Lipinski definition) is 5. The van der Waals surface area contributed by atoms with Crippen LogP contribution in [0.3, 0.4) is 0 Å². The Morgan fingerprint density at radius 2 is 1.69 bits per heavy atom. The summed E-state index contributed by atoms with van der Waals surface area (Å²) in [5.41, 5.74) is 0.888. The van der Waals surface area contributed by atoms with Crippen LogP contribution in [0.1, 0.15) is 26.3 Å². The highest BCUT2D eigenvalue weighted by atomic mass is 16.6. The first kappa shape index (κ1) is 22.1. The number of methoxy groups -OCH3 is 1. The van der Waals surface area contributed by atoms with Crippen LogP contribution in [0.5, 0.6) is 11.5 Å². The lowest BCUT2D eigenvalue weighted by molar-refractivity contribution is -0.120. The molecule has 2 amide bonds. The van der Waals surface area contributed by atoms with Crippen molar-refractivity contribution in [1.82, 2.24) is 5.32 Å². The van der Waals surface area contributed by atoms with Gasteiger partial charge in [0.1, 0.15) is 23.7 Å². The number of carbonyl (C=O) groups is 2. The zero-order chi connectivity index (χ0) is 21.3. The average Bonchev–Trinajstić information content (AvgIpc) is 2.65. The molecule has 29 heavy (non-hydrogen) atoms. The molecule has 0 fully saturated rings. The minimum absolute atomic E-state index is 0.105. The van der Waals surface area contributed by atoms with Gasteiger partial charge in [0.25, 0.3) is 0 Å².